The fourth-order valence-corrected chi connectivity index (χ4v) is 2.41. The third-order valence-electron chi connectivity index (χ3n) is 3.77. The molecule has 0 radical (unpaired) electrons. The number of hydrogen-bond donors (Lipinski definition) is 1. The van der Waals surface area contributed by atoms with Gasteiger partial charge in [-0.15, -0.1) is 0 Å². The highest BCUT2D eigenvalue weighted by Crippen LogP contribution is 2.09. The highest BCUT2D eigenvalue weighted by Gasteiger charge is 2.17. The average Bonchev–Trinajstić information content (AvgIpc) is 2.47. The van der Waals surface area contributed by atoms with Crippen molar-refractivity contribution in [3.63, 3.8) is 0 Å². The van der Waals surface area contributed by atoms with E-state index in [9.17, 15) is 4.79 Å². The Balaban J connectivity index is 4.31. The normalized spacial score (nSPS) is 11.1. The number of carbonyl (C=O) groups excluding carboxylic acids is 1. The lowest BCUT2D eigenvalue weighted by molar-refractivity contribution is -0.130. The first-order chi connectivity index (χ1) is 9.96. The fraction of sp³-hybridized carbons (Fsp3) is 0.867. The van der Waals surface area contributed by atoms with E-state index >= 15 is 0 Å². The van der Waals surface area contributed by atoms with E-state index in [0.717, 1.165) is 25.9 Å². The maximum absolute atomic E-state index is 12.1. The molecule has 6 heteroatoms. The predicted octanol–water partition coefficient (Wildman–Crippen LogP) is 1.65. The second-order valence-electron chi connectivity index (χ2n) is 5.28. The molecule has 2 N–H and O–H groups in total. The molecule has 0 atom stereocenters. The molecule has 0 aliphatic heterocycles. The summed E-state index contributed by atoms with van der Waals surface area (Å²) in [6.07, 6.45) is 3.28. The summed E-state index contributed by atoms with van der Waals surface area (Å²) in [7, 11) is 3.51. The van der Waals surface area contributed by atoms with Crippen molar-refractivity contribution in [2.45, 2.75) is 45.6 Å². The molecule has 0 bridgehead atoms. The molecule has 0 aromatic rings. The Morgan fingerprint density at radius 3 is 2.29 bits per heavy atom. The summed E-state index contributed by atoms with van der Waals surface area (Å²) < 4.78 is 5.17. The summed E-state index contributed by atoms with van der Waals surface area (Å²) >= 11 is 4.84. The van der Waals surface area contributed by atoms with Gasteiger partial charge in [-0.25, -0.2) is 0 Å². The Bertz CT molecular complexity index is 309. The van der Waals surface area contributed by atoms with Crippen LogP contribution in [0.3, 0.4) is 0 Å². The topological polar surface area (TPSA) is 58.8 Å². The van der Waals surface area contributed by atoms with Crippen molar-refractivity contribution in [2.24, 2.45) is 5.73 Å². The summed E-state index contributed by atoms with van der Waals surface area (Å²) in [5.74, 6) is 0.139. The Kier molecular flexibility index (Phi) is 11.5. The van der Waals surface area contributed by atoms with Crippen LogP contribution < -0.4 is 5.73 Å². The molecule has 0 rings (SSSR count). The van der Waals surface area contributed by atoms with E-state index in [-0.39, 0.29) is 5.91 Å². The van der Waals surface area contributed by atoms with E-state index in [1.54, 1.807) is 19.1 Å². The average molecular weight is 317 g/mol. The molecule has 0 aliphatic rings. The molecule has 0 aromatic carbocycles. The summed E-state index contributed by atoms with van der Waals surface area (Å²) in [5.41, 5.74) is 5.47. The lowest BCUT2D eigenvalue weighted by atomic mass is 10.1. The van der Waals surface area contributed by atoms with Crippen LogP contribution in [0.5, 0.6) is 0 Å². The van der Waals surface area contributed by atoms with Crippen LogP contribution in [0.2, 0.25) is 0 Å². The second-order valence-corrected chi connectivity index (χ2v) is 5.81. The van der Waals surface area contributed by atoms with Crippen LogP contribution in [0.1, 0.15) is 39.5 Å². The van der Waals surface area contributed by atoms with Crippen LogP contribution in [0, 0.1) is 0 Å². The molecule has 0 heterocycles. The van der Waals surface area contributed by atoms with Gasteiger partial charge in [-0.1, -0.05) is 26.1 Å². The number of ether oxygens (including phenoxy) is 1. The van der Waals surface area contributed by atoms with Crippen LogP contribution in [-0.4, -0.2) is 67.1 Å². The molecule has 5 nitrogen and oxygen atoms in total. The molecular weight excluding hydrogens is 286 g/mol. The van der Waals surface area contributed by atoms with Gasteiger partial charge in [0.05, 0.1) is 11.6 Å². The molecule has 0 fully saturated rings. The Morgan fingerprint density at radius 2 is 1.81 bits per heavy atom. The van der Waals surface area contributed by atoms with Gasteiger partial charge in [0.25, 0.3) is 0 Å². The summed E-state index contributed by atoms with van der Waals surface area (Å²) in [5, 5.41) is 0. The largest absolute Gasteiger partial charge is 0.393 e. The zero-order chi connectivity index (χ0) is 16.3. The van der Waals surface area contributed by atoms with E-state index in [4.69, 9.17) is 22.7 Å². The van der Waals surface area contributed by atoms with Crippen molar-refractivity contribution in [1.29, 1.82) is 0 Å². The summed E-state index contributed by atoms with van der Waals surface area (Å²) in [6, 6.07) is 0.509. The standard InChI is InChI=1S/C15H31N3O2S/c1-5-13(6-2)18(11-12-20-4)10-8-15(19)17(3)9-7-14(16)21/h13H,5-12H2,1-4H3,(H2,16,21). The number of carbonyl (C=O) groups is 1. The molecule has 1 amide bonds. The van der Waals surface area contributed by atoms with E-state index in [2.05, 4.69) is 18.7 Å². The van der Waals surface area contributed by atoms with E-state index < -0.39 is 0 Å². The van der Waals surface area contributed by atoms with Gasteiger partial charge >= 0.3 is 0 Å². The number of nitrogens with zero attached hydrogens (tertiary/aromatic N) is 2. The number of hydrogen-bond acceptors (Lipinski definition) is 4. The van der Waals surface area contributed by atoms with Crippen LogP contribution in [0.15, 0.2) is 0 Å². The van der Waals surface area contributed by atoms with Crippen molar-refractivity contribution < 1.29 is 9.53 Å². The van der Waals surface area contributed by atoms with Gasteiger partial charge in [0.15, 0.2) is 0 Å². The van der Waals surface area contributed by atoms with Gasteiger partial charge in [-0.2, -0.15) is 0 Å². The number of amides is 1. The van der Waals surface area contributed by atoms with E-state index in [0.29, 0.717) is 37.0 Å². The zero-order valence-corrected chi connectivity index (χ0v) is 14.7. The molecular formula is C15H31N3O2S. The maximum atomic E-state index is 12.1. The Hall–Kier alpha value is -0.720. The van der Waals surface area contributed by atoms with Crippen molar-refractivity contribution in [1.82, 2.24) is 9.80 Å². The number of thiocarbonyl (C=S) groups is 1. The van der Waals surface area contributed by atoms with Gasteiger partial charge in [-0.05, 0) is 12.8 Å². The van der Waals surface area contributed by atoms with E-state index in [1.807, 2.05) is 0 Å². The minimum atomic E-state index is 0.139. The third kappa shape index (κ3) is 9.01. The zero-order valence-electron chi connectivity index (χ0n) is 13.9. The molecule has 0 spiro atoms. The Morgan fingerprint density at radius 1 is 1.19 bits per heavy atom. The maximum Gasteiger partial charge on any atom is 0.223 e. The minimum absolute atomic E-state index is 0.139. The molecule has 0 saturated carbocycles. The SMILES string of the molecule is CCC(CC)N(CCOC)CCC(=O)N(C)CCC(N)=S. The van der Waals surface area contributed by atoms with Crippen LogP contribution in [-0.2, 0) is 9.53 Å². The first-order valence-corrected chi connectivity index (χ1v) is 8.12. The number of methoxy groups -OCH3 is 1. The second kappa shape index (κ2) is 11.9. The van der Waals surface area contributed by atoms with Crippen molar-refractivity contribution in [2.75, 3.05) is 40.4 Å². The molecule has 21 heavy (non-hydrogen) atoms. The van der Waals surface area contributed by atoms with Crippen molar-refractivity contribution in [3.05, 3.63) is 0 Å². The Labute approximate surface area is 134 Å². The smallest absolute Gasteiger partial charge is 0.223 e. The fourth-order valence-electron chi connectivity index (χ4n) is 2.32. The van der Waals surface area contributed by atoms with Gasteiger partial charge in [-0.3, -0.25) is 9.69 Å². The molecule has 0 aliphatic carbocycles. The first kappa shape index (κ1) is 20.3. The molecule has 0 saturated heterocycles. The van der Waals surface area contributed by atoms with Gasteiger partial charge in [0.1, 0.15) is 0 Å². The quantitative estimate of drug-likeness (QED) is 0.555. The van der Waals surface area contributed by atoms with Gasteiger partial charge in [0, 0.05) is 52.7 Å². The predicted molar refractivity (Wildman–Crippen MR) is 91.5 cm³/mol. The number of nitrogens with two attached hydrogens (primary N) is 1. The van der Waals surface area contributed by atoms with Crippen LogP contribution >= 0.6 is 12.2 Å². The van der Waals surface area contributed by atoms with E-state index in [1.165, 1.54) is 0 Å². The monoisotopic (exact) mass is 317 g/mol. The molecule has 124 valence electrons. The molecule has 0 aromatic heterocycles. The lowest BCUT2D eigenvalue weighted by Crippen LogP contribution is -2.40. The minimum Gasteiger partial charge on any atom is -0.393 e. The lowest BCUT2D eigenvalue weighted by Gasteiger charge is -2.30. The molecule has 0 unspecified atom stereocenters. The highest BCUT2D eigenvalue weighted by molar-refractivity contribution is 7.80. The van der Waals surface area contributed by atoms with Crippen molar-refractivity contribution >= 4 is 23.1 Å². The van der Waals surface area contributed by atoms with Crippen molar-refractivity contribution in [3.8, 4) is 0 Å². The van der Waals surface area contributed by atoms with Gasteiger partial charge in [0.2, 0.25) is 5.91 Å². The third-order valence-corrected chi connectivity index (χ3v) is 3.98. The van der Waals surface area contributed by atoms with Gasteiger partial charge < -0.3 is 15.4 Å². The summed E-state index contributed by atoms with van der Waals surface area (Å²) in [4.78, 5) is 16.6. The highest BCUT2D eigenvalue weighted by atomic mass is 32.1. The van der Waals surface area contributed by atoms with Crippen LogP contribution in [0.4, 0.5) is 0 Å². The van der Waals surface area contributed by atoms with Crippen LogP contribution in [0.25, 0.3) is 0 Å². The summed E-state index contributed by atoms with van der Waals surface area (Å²) in [6.45, 7) is 7.30. The first-order valence-electron chi connectivity index (χ1n) is 7.71. The number of rotatable bonds is 12.